The second kappa shape index (κ2) is 7.89. The fourth-order valence-electron chi connectivity index (χ4n) is 2.41. The van der Waals surface area contributed by atoms with Crippen molar-refractivity contribution in [3.63, 3.8) is 0 Å². The van der Waals surface area contributed by atoms with Crippen LogP contribution in [0, 0.1) is 0 Å². The Balaban J connectivity index is 1.78. The molecule has 0 unspecified atom stereocenters. The number of piperazine rings is 1. The van der Waals surface area contributed by atoms with Crippen molar-refractivity contribution in [3.8, 4) is 0 Å². The predicted molar refractivity (Wildman–Crippen MR) is 85.9 cm³/mol. The van der Waals surface area contributed by atoms with Crippen LogP contribution in [0.1, 0.15) is 5.56 Å². The van der Waals surface area contributed by atoms with Crippen LogP contribution in [0.4, 0.5) is 0 Å². The Morgan fingerprint density at radius 3 is 2.52 bits per heavy atom. The van der Waals surface area contributed by atoms with E-state index in [4.69, 9.17) is 0 Å². The summed E-state index contributed by atoms with van der Waals surface area (Å²) in [7, 11) is -1.48. The summed E-state index contributed by atoms with van der Waals surface area (Å²) < 4.78 is 26.0. The van der Waals surface area contributed by atoms with Gasteiger partial charge in [-0.3, -0.25) is 4.90 Å². The average molecular weight is 311 g/mol. The van der Waals surface area contributed by atoms with Gasteiger partial charge in [0.1, 0.15) is 0 Å². The van der Waals surface area contributed by atoms with Gasteiger partial charge in [-0.05, 0) is 12.0 Å². The Kier molecular flexibility index (Phi) is 6.17. The average Bonchev–Trinajstić information content (AvgIpc) is 2.52. The number of nitrogens with zero attached hydrogens (tertiary/aromatic N) is 2. The van der Waals surface area contributed by atoms with E-state index in [0.29, 0.717) is 13.1 Å². The van der Waals surface area contributed by atoms with E-state index in [1.165, 1.54) is 9.87 Å². The third-order valence-electron chi connectivity index (χ3n) is 3.91. The Bertz CT molecular complexity index is 513. The smallest absolute Gasteiger partial charge is 0.215 e. The number of rotatable bonds is 7. The van der Waals surface area contributed by atoms with Gasteiger partial charge in [-0.25, -0.2) is 12.7 Å². The third kappa shape index (κ3) is 5.39. The van der Waals surface area contributed by atoms with Crippen molar-refractivity contribution in [3.05, 3.63) is 35.9 Å². The van der Waals surface area contributed by atoms with Gasteiger partial charge in [0.05, 0.1) is 5.75 Å². The largest absolute Gasteiger partial charge is 0.314 e. The summed E-state index contributed by atoms with van der Waals surface area (Å²) in [4.78, 5) is 2.21. The summed E-state index contributed by atoms with van der Waals surface area (Å²) in [6.07, 6.45) is 0.754. The quantitative estimate of drug-likeness (QED) is 0.792. The molecule has 1 heterocycles. The van der Waals surface area contributed by atoms with Crippen molar-refractivity contribution in [2.75, 3.05) is 52.1 Å². The van der Waals surface area contributed by atoms with Crippen molar-refractivity contribution < 1.29 is 8.42 Å². The molecule has 118 valence electrons. The van der Waals surface area contributed by atoms with Gasteiger partial charge in [0.25, 0.3) is 0 Å². The molecular formula is C15H25N3O2S. The summed E-state index contributed by atoms with van der Waals surface area (Å²) in [5.74, 6) is 0.207. The van der Waals surface area contributed by atoms with E-state index in [1.807, 2.05) is 30.3 Å². The van der Waals surface area contributed by atoms with E-state index in [-0.39, 0.29) is 5.75 Å². The van der Waals surface area contributed by atoms with Gasteiger partial charge in [-0.2, -0.15) is 0 Å². The summed E-state index contributed by atoms with van der Waals surface area (Å²) in [6, 6.07) is 9.99. The van der Waals surface area contributed by atoms with Crippen LogP contribution in [-0.4, -0.2) is 69.7 Å². The highest BCUT2D eigenvalue weighted by atomic mass is 32.2. The first-order valence-electron chi connectivity index (χ1n) is 7.49. The molecule has 6 heteroatoms. The maximum absolute atomic E-state index is 12.3. The van der Waals surface area contributed by atoms with E-state index < -0.39 is 10.0 Å². The lowest BCUT2D eigenvalue weighted by atomic mass is 10.2. The van der Waals surface area contributed by atoms with Crippen LogP contribution >= 0.6 is 0 Å². The number of likely N-dealkylation sites (N-methyl/N-ethyl adjacent to an activating group) is 1. The normalized spacial score (nSPS) is 17.2. The molecule has 21 heavy (non-hydrogen) atoms. The monoisotopic (exact) mass is 311 g/mol. The summed E-state index contributed by atoms with van der Waals surface area (Å²) in [5, 5.41) is 3.27. The second-order valence-electron chi connectivity index (χ2n) is 5.46. The van der Waals surface area contributed by atoms with Crippen molar-refractivity contribution in [2.45, 2.75) is 6.42 Å². The van der Waals surface area contributed by atoms with E-state index in [2.05, 4.69) is 10.2 Å². The zero-order valence-electron chi connectivity index (χ0n) is 12.7. The molecule has 1 fully saturated rings. The van der Waals surface area contributed by atoms with Crippen LogP contribution in [-0.2, 0) is 16.4 Å². The number of nitrogens with one attached hydrogen (secondary N) is 1. The minimum Gasteiger partial charge on any atom is -0.314 e. The lowest BCUT2D eigenvalue weighted by molar-refractivity contribution is 0.253. The molecule has 1 aliphatic rings. The molecule has 0 radical (unpaired) electrons. The number of sulfonamides is 1. The molecule has 1 aromatic carbocycles. The first-order chi connectivity index (χ1) is 10.1. The van der Waals surface area contributed by atoms with Crippen LogP contribution in [0.5, 0.6) is 0 Å². The molecule has 1 aliphatic heterocycles. The lowest BCUT2D eigenvalue weighted by Gasteiger charge is -2.27. The zero-order valence-corrected chi connectivity index (χ0v) is 13.5. The standard InChI is InChI=1S/C15H25N3O2S/c1-17(10-7-15-5-3-2-4-6-15)21(19,20)14-13-18-11-8-16-9-12-18/h2-6,16H,7-14H2,1H3. The van der Waals surface area contributed by atoms with Crippen LogP contribution in [0.3, 0.4) is 0 Å². The molecule has 1 saturated heterocycles. The van der Waals surface area contributed by atoms with Crippen LogP contribution < -0.4 is 5.32 Å². The van der Waals surface area contributed by atoms with Crippen LogP contribution in [0.15, 0.2) is 30.3 Å². The SMILES string of the molecule is CN(CCc1ccccc1)S(=O)(=O)CCN1CCNCC1. The van der Waals surface area contributed by atoms with Gasteiger partial charge < -0.3 is 5.32 Å². The molecule has 2 rings (SSSR count). The van der Waals surface area contributed by atoms with Gasteiger partial charge in [-0.1, -0.05) is 30.3 Å². The summed E-state index contributed by atoms with van der Waals surface area (Å²) in [6.45, 7) is 4.92. The molecule has 0 aromatic heterocycles. The van der Waals surface area contributed by atoms with Crippen LogP contribution in [0.2, 0.25) is 0 Å². The Labute approximate surface area is 128 Å². The fraction of sp³-hybridized carbons (Fsp3) is 0.600. The zero-order chi connectivity index (χ0) is 15.1. The summed E-state index contributed by atoms with van der Waals surface area (Å²) >= 11 is 0. The maximum atomic E-state index is 12.3. The van der Waals surface area contributed by atoms with Crippen LogP contribution in [0.25, 0.3) is 0 Å². The first-order valence-corrected chi connectivity index (χ1v) is 9.10. The Hall–Kier alpha value is -0.950. The van der Waals surface area contributed by atoms with Crippen molar-refractivity contribution in [2.24, 2.45) is 0 Å². The van der Waals surface area contributed by atoms with Gasteiger partial charge in [0, 0.05) is 46.3 Å². The Morgan fingerprint density at radius 1 is 1.19 bits per heavy atom. The summed E-state index contributed by atoms with van der Waals surface area (Å²) in [5.41, 5.74) is 1.17. The molecular weight excluding hydrogens is 286 g/mol. The molecule has 0 aliphatic carbocycles. The van der Waals surface area contributed by atoms with E-state index in [1.54, 1.807) is 7.05 Å². The number of hydrogen-bond acceptors (Lipinski definition) is 4. The lowest BCUT2D eigenvalue weighted by Crippen LogP contribution is -2.46. The first kappa shape index (κ1) is 16.4. The fourth-order valence-corrected chi connectivity index (χ4v) is 3.58. The molecule has 5 nitrogen and oxygen atoms in total. The molecule has 0 spiro atoms. The van der Waals surface area contributed by atoms with E-state index >= 15 is 0 Å². The highest BCUT2D eigenvalue weighted by Gasteiger charge is 2.19. The highest BCUT2D eigenvalue weighted by molar-refractivity contribution is 7.89. The molecule has 1 N–H and O–H groups in total. The molecule has 0 amide bonds. The number of benzene rings is 1. The van der Waals surface area contributed by atoms with E-state index in [0.717, 1.165) is 32.6 Å². The van der Waals surface area contributed by atoms with Gasteiger partial charge in [-0.15, -0.1) is 0 Å². The number of hydrogen-bond donors (Lipinski definition) is 1. The van der Waals surface area contributed by atoms with Crippen molar-refractivity contribution in [1.82, 2.24) is 14.5 Å². The van der Waals surface area contributed by atoms with Crippen molar-refractivity contribution in [1.29, 1.82) is 0 Å². The minimum absolute atomic E-state index is 0.207. The molecule has 0 bridgehead atoms. The molecule has 1 aromatic rings. The van der Waals surface area contributed by atoms with Gasteiger partial charge in [0.15, 0.2) is 0 Å². The van der Waals surface area contributed by atoms with E-state index in [9.17, 15) is 8.42 Å². The Morgan fingerprint density at radius 2 is 1.86 bits per heavy atom. The second-order valence-corrected chi connectivity index (χ2v) is 7.66. The highest BCUT2D eigenvalue weighted by Crippen LogP contribution is 2.05. The van der Waals surface area contributed by atoms with Crippen molar-refractivity contribution >= 4 is 10.0 Å². The third-order valence-corrected chi connectivity index (χ3v) is 5.74. The molecule has 0 saturated carbocycles. The topological polar surface area (TPSA) is 52.7 Å². The minimum atomic E-state index is -3.16. The van der Waals surface area contributed by atoms with Gasteiger partial charge >= 0.3 is 0 Å². The van der Waals surface area contributed by atoms with Gasteiger partial charge in [0.2, 0.25) is 10.0 Å². The maximum Gasteiger partial charge on any atom is 0.215 e. The molecule has 0 atom stereocenters. The predicted octanol–water partition coefficient (Wildman–Crippen LogP) is 0.396.